The topological polar surface area (TPSA) is 92.4 Å². The van der Waals surface area contributed by atoms with Crippen LogP contribution in [0.2, 0.25) is 5.02 Å². The van der Waals surface area contributed by atoms with Gasteiger partial charge in [0.05, 0.1) is 5.69 Å². The third-order valence-corrected chi connectivity index (χ3v) is 6.92. The highest BCUT2D eigenvalue weighted by atomic mass is 35.5. The molecule has 0 unspecified atom stereocenters. The van der Waals surface area contributed by atoms with Gasteiger partial charge in [0.1, 0.15) is 11.1 Å². The van der Waals surface area contributed by atoms with Crippen molar-refractivity contribution < 1.29 is 14.0 Å². The standard InChI is InChI=1S/C28H28ClN5O3/c1-27(2,3)19-15-20(17-7-9-18(29)10-8-17)32-21-16-22(37-23(19)21)24(35)34-14-13-33(25(36)28(34,4)5)26-30-11-6-12-31-26/h6-12,15-16H,13-14H2,1-5H3. The van der Waals surface area contributed by atoms with Crippen molar-refractivity contribution in [3.63, 3.8) is 0 Å². The Balaban J connectivity index is 1.52. The van der Waals surface area contributed by atoms with Crippen molar-refractivity contribution in [3.8, 4) is 11.3 Å². The Morgan fingerprint density at radius 3 is 2.38 bits per heavy atom. The molecular weight excluding hydrogens is 490 g/mol. The molecule has 1 aliphatic heterocycles. The molecule has 1 fully saturated rings. The fourth-order valence-electron chi connectivity index (χ4n) is 4.59. The molecule has 4 aromatic rings. The number of fused-ring (bicyclic) bond motifs is 1. The van der Waals surface area contributed by atoms with E-state index in [1.54, 1.807) is 43.3 Å². The summed E-state index contributed by atoms with van der Waals surface area (Å²) in [5.74, 6) is -0.150. The van der Waals surface area contributed by atoms with Crippen LogP contribution in [0.5, 0.6) is 0 Å². The van der Waals surface area contributed by atoms with E-state index < -0.39 is 5.54 Å². The van der Waals surface area contributed by atoms with Crippen LogP contribution in [0, 0.1) is 0 Å². The number of piperazine rings is 1. The largest absolute Gasteiger partial charge is 0.449 e. The molecule has 1 saturated heterocycles. The van der Waals surface area contributed by atoms with E-state index in [2.05, 4.69) is 30.7 Å². The fraction of sp³-hybridized carbons (Fsp3) is 0.321. The Morgan fingerprint density at radius 1 is 1.05 bits per heavy atom. The minimum Gasteiger partial charge on any atom is -0.449 e. The Labute approximate surface area is 220 Å². The van der Waals surface area contributed by atoms with Crippen molar-refractivity contribution >= 4 is 40.5 Å². The zero-order chi connectivity index (χ0) is 26.5. The summed E-state index contributed by atoms with van der Waals surface area (Å²) in [6, 6.07) is 12.8. The molecule has 0 aliphatic carbocycles. The summed E-state index contributed by atoms with van der Waals surface area (Å²) in [4.78, 5) is 43.4. The van der Waals surface area contributed by atoms with Gasteiger partial charge < -0.3 is 9.32 Å². The Bertz CT molecular complexity index is 1490. The third-order valence-electron chi connectivity index (χ3n) is 6.67. The minimum atomic E-state index is -1.12. The predicted molar refractivity (Wildman–Crippen MR) is 143 cm³/mol. The van der Waals surface area contributed by atoms with Crippen molar-refractivity contribution in [1.82, 2.24) is 19.9 Å². The SMILES string of the molecule is CC(C)(C)c1cc(-c2ccc(Cl)cc2)nc2cc(C(=O)N3CCN(c4ncccn4)C(=O)C3(C)C)oc12. The van der Waals surface area contributed by atoms with E-state index in [1.807, 2.05) is 30.3 Å². The second kappa shape index (κ2) is 8.95. The van der Waals surface area contributed by atoms with Gasteiger partial charge in [-0.05, 0) is 43.5 Å². The summed E-state index contributed by atoms with van der Waals surface area (Å²) in [6.07, 6.45) is 3.18. The molecular formula is C28H28ClN5O3. The maximum Gasteiger partial charge on any atom is 0.290 e. The van der Waals surface area contributed by atoms with Gasteiger partial charge in [-0.25, -0.2) is 15.0 Å². The number of carbonyl (C=O) groups excluding carboxylic acids is 2. The molecule has 1 aromatic carbocycles. The molecule has 5 rings (SSSR count). The monoisotopic (exact) mass is 517 g/mol. The summed E-state index contributed by atoms with van der Waals surface area (Å²) < 4.78 is 6.17. The maximum atomic E-state index is 13.7. The quantitative estimate of drug-likeness (QED) is 0.356. The number of carbonyl (C=O) groups is 2. The van der Waals surface area contributed by atoms with Gasteiger partial charge in [-0.3, -0.25) is 14.5 Å². The predicted octanol–water partition coefficient (Wildman–Crippen LogP) is 5.50. The Kier molecular flexibility index (Phi) is 6.02. The first kappa shape index (κ1) is 24.9. The van der Waals surface area contributed by atoms with Crippen molar-refractivity contribution in [3.05, 3.63) is 71.2 Å². The molecule has 0 N–H and O–H groups in total. The zero-order valence-corrected chi connectivity index (χ0v) is 22.2. The second-order valence-electron chi connectivity index (χ2n) is 10.7. The zero-order valence-electron chi connectivity index (χ0n) is 21.4. The summed E-state index contributed by atoms with van der Waals surface area (Å²) in [6.45, 7) is 10.3. The molecule has 0 spiro atoms. The Morgan fingerprint density at radius 2 is 1.73 bits per heavy atom. The second-order valence-corrected chi connectivity index (χ2v) is 11.1. The van der Waals surface area contributed by atoms with Gasteiger partial charge in [-0.15, -0.1) is 0 Å². The van der Waals surface area contributed by atoms with Gasteiger partial charge in [0.2, 0.25) is 5.95 Å². The lowest BCUT2D eigenvalue weighted by molar-refractivity contribution is -0.130. The van der Waals surface area contributed by atoms with E-state index in [9.17, 15) is 9.59 Å². The summed E-state index contributed by atoms with van der Waals surface area (Å²) in [7, 11) is 0. The summed E-state index contributed by atoms with van der Waals surface area (Å²) in [5.41, 5.74) is 2.37. The van der Waals surface area contributed by atoms with E-state index in [4.69, 9.17) is 21.0 Å². The molecule has 8 nitrogen and oxygen atoms in total. The molecule has 190 valence electrons. The molecule has 0 saturated carbocycles. The average Bonchev–Trinajstić information content (AvgIpc) is 3.29. The van der Waals surface area contributed by atoms with Crippen molar-refractivity contribution in [2.45, 2.75) is 45.6 Å². The van der Waals surface area contributed by atoms with E-state index in [1.165, 1.54) is 4.90 Å². The number of anilines is 1. The normalized spacial score (nSPS) is 15.9. The number of aromatic nitrogens is 3. The van der Waals surface area contributed by atoms with E-state index >= 15 is 0 Å². The van der Waals surface area contributed by atoms with Gasteiger partial charge in [0.15, 0.2) is 11.3 Å². The van der Waals surface area contributed by atoms with E-state index in [0.717, 1.165) is 16.8 Å². The highest BCUT2D eigenvalue weighted by Crippen LogP contribution is 2.36. The van der Waals surface area contributed by atoms with Crippen LogP contribution in [0.1, 0.15) is 50.7 Å². The molecule has 9 heteroatoms. The number of rotatable bonds is 3. The number of amides is 2. The lowest BCUT2D eigenvalue weighted by atomic mass is 9.86. The van der Waals surface area contributed by atoms with Gasteiger partial charge in [0.25, 0.3) is 11.8 Å². The van der Waals surface area contributed by atoms with Crippen molar-refractivity contribution in [2.75, 3.05) is 18.0 Å². The highest BCUT2D eigenvalue weighted by Gasteiger charge is 2.46. The summed E-state index contributed by atoms with van der Waals surface area (Å²) >= 11 is 6.08. The number of halogens is 1. The molecule has 0 bridgehead atoms. The molecule has 1 aliphatic rings. The van der Waals surface area contributed by atoms with Crippen LogP contribution in [0.3, 0.4) is 0 Å². The number of hydrogen-bond donors (Lipinski definition) is 0. The molecule has 4 heterocycles. The lowest BCUT2D eigenvalue weighted by Crippen LogP contribution is -2.65. The molecule has 37 heavy (non-hydrogen) atoms. The smallest absolute Gasteiger partial charge is 0.290 e. The van der Waals surface area contributed by atoms with E-state index in [0.29, 0.717) is 28.6 Å². The van der Waals surface area contributed by atoms with Crippen molar-refractivity contribution in [1.29, 1.82) is 0 Å². The van der Waals surface area contributed by atoms with Crippen LogP contribution >= 0.6 is 11.6 Å². The highest BCUT2D eigenvalue weighted by molar-refractivity contribution is 6.30. The Hall–Kier alpha value is -3.78. The van der Waals surface area contributed by atoms with Crippen LogP contribution in [0.4, 0.5) is 5.95 Å². The number of furan rings is 1. The number of hydrogen-bond acceptors (Lipinski definition) is 6. The van der Waals surface area contributed by atoms with Gasteiger partial charge >= 0.3 is 0 Å². The third kappa shape index (κ3) is 4.46. The lowest BCUT2D eigenvalue weighted by Gasteiger charge is -2.44. The molecule has 3 aromatic heterocycles. The molecule has 0 radical (unpaired) electrons. The van der Waals surface area contributed by atoms with Crippen LogP contribution in [-0.4, -0.2) is 50.3 Å². The van der Waals surface area contributed by atoms with Gasteiger partial charge in [0, 0.05) is 47.7 Å². The van der Waals surface area contributed by atoms with Crippen LogP contribution in [0.15, 0.2) is 59.3 Å². The fourth-order valence-corrected chi connectivity index (χ4v) is 4.72. The van der Waals surface area contributed by atoms with E-state index in [-0.39, 0.29) is 29.5 Å². The number of benzene rings is 1. The first-order chi connectivity index (χ1) is 17.5. The molecule has 0 atom stereocenters. The first-order valence-corrected chi connectivity index (χ1v) is 12.5. The van der Waals surface area contributed by atoms with Crippen LogP contribution in [0.25, 0.3) is 22.4 Å². The minimum absolute atomic E-state index is 0.145. The number of nitrogens with zero attached hydrogens (tertiary/aromatic N) is 5. The van der Waals surface area contributed by atoms with Gasteiger partial charge in [-0.2, -0.15) is 0 Å². The average molecular weight is 518 g/mol. The number of pyridine rings is 1. The first-order valence-electron chi connectivity index (χ1n) is 12.1. The molecule has 2 amide bonds. The van der Waals surface area contributed by atoms with Gasteiger partial charge in [-0.1, -0.05) is 44.5 Å². The maximum absolute atomic E-state index is 13.7. The summed E-state index contributed by atoms with van der Waals surface area (Å²) in [5, 5.41) is 0.646. The van der Waals surface area contributed by atoms with Crippen molar-refractivity contribution in [2.24, 2.45) is 0 Å². The van der Waals surface area contributed by atoms with Crippen LogP contribution < -0.4 is 4.90 Å². The van der Waals surface area contributed by atoms with Crippen LogP contribution in [-0.2, 0) is 10.2 Å².